The van der Waals surface area contributed by atoms with E-state index in [0.29, 0.717) is 0 Å². The molecule has 2 unspecified atom stereocenters. The standard InChI is InChI=1S/C13H19N3O2S/c1-3-9(14)13(10-5-4-8(2)19-10)16-6-11(17)15-12(18)7-16/h4-5,9,13H,3,6-7,14H2,1-2H3,(H,15,17,18). The SMILES string of the molecule is CCC(N)C(c1ccc(C)s1)N1CC(=O)NC(=O)C1. The summed E-state index contributed by atoms with van der Waals surface area (Å²) in [6, 6.07) is 3.92. The Kier molecular flexibility index (Phi) is 4.34. The van der Waals surface area contributed by atoms with Gasteiger partial charge in [-0.25, -0.2) is 0 Å². The second kappa shape index (κ2) is 5.81. The predicted octanol–water partition coefficient (Wildman–Crippen LogP) is 0.793. The molecular formula is C13H19N3O2S. The lowest BCUT2D eigenvalue weighted by molar-refractivity contribution is -0.137. The molecule has 0 spiro atoms. The Balaban J connectivity index is 2.27. The van der Waals surface area contributed by atoms with Gasteiger partial charge in [-0.15, -0.1) is 11.3 Å². The van der Waals surface area contributed by atoms with Crippen LogP contribution in [0, 0.1) is 6.92 Å². The van der Waals surface area contributed by atoms with Crippen LogP contribution in [0.2, 0.25) is 0 Å². The molecule has 0 radical (unpaired) electrons. The van der Waals surface area contributed by atoms with Crippen molar-refractivity contribution in [1.29, 1.82) is 0 Å². The second-order valence-electron chi connectivity index (χ2n) is 4.84. The van der Waals surface area contributed by atoms with Crippen molar-refractivity contribution in [3.05, 3.63) is 21.9 Å². The Labute approximate surface area is 116 Å². The van der Waals surface area contributed by atoms with Crippen LogP contribution in [0.15, 0.2) is 12.1 Å². The molecule has 1 aromatic rings. The summed E-state index contributed by atoms with van der Waals surface area (Å²) in [5.41, 5.74) is 6.20. The molecule has 0 bridgehead atoms. The lowest BCUT2D eigenvalue weighted by Crippen LogP contribution is -2.55. The number of thiophene rings is 1. The highest BCUT2D eigenvalue weighted by Crippen LogP contribution is 2.31. The minimum Gasteiger partial charge on any atom is -0.326 e. The molecular weight excluding hydrogens is 262 g/mol. The molecule has 1 aliphatic heterocycles. The monoisotopic (exact) mass is 281 g/mol. The maximum Gasteiger partial charge on any atom is 0.240 e. The van der Waals surface area contributed by atoms with Gasteiger partial charge in [-0.2, -0.15) is 0 Å². The minimum absolute atomic E-state index is 0.0706. The number of imide groups is 1. The lowest BCUT2D eigenvalue weighted by Gasteiger charge is -2.35. The fourth-order valence-corrected chi connectivity index (χ4v) is 3.44. The number of hydrogen-bond acceptors (Lipinski definition) is 5. The van der Waals surface area contributed by atoms with Gasteiger partial charge in [0, 0.05) is 15.8 Å². The van der Waals surface area contributed by atoms with Crippen molar-refractivity contribution in [2.75, 3.05) is 13.1 Å². The summed E-state index contributed by atoms with van der Waals surface area (Å²) in [6.07, 6.45) is 0.800. The van der Waals surface area contributed by atoms with Crippen molar-refractivity contribution in [1.82, 2.24) is 10.2 Å². The zero-order valence-electron chi connectivity index (χ0n) is 11.2. The van der Waals surface area contributed by atoms with E-state index in [9.17, 15) is 9.59 Å². The molecule has 0 saturated carbocycles. The van der Waals surface area contributed by atoms with Crippen LogP contribution < -0.4 is 11.1 Å². The van der Waals surface area contributed by atoms with Crippen molar-refractivity contribution in [3.63, 3.8) is 0 Å². The molecule has 1 fully saturated rings. The molecule has 1 aliphatic rings. The molecule has 0 aromatic carbocycles. The van der Waals surface area contributed by atoms with Crippen molar-refractivity contribution in [2.24, 2.45) is 5.73 Å². The molecule has 2 amide bonds. The van der Waals surface area contributed by atoms with E-state index in [1.165, 1.54) is 4.88 Å². The van der Waals surface area contributed by atoms with E-state index < -0.39 is 0 Å². The molecule has 3 N–H and O–H groups in total. The summed E-state index contributed by atoms with van der Waals surface area (Å²) in [7, 11) is 0. The van der Waals surface area contributed by atoms with Crippen molar-refractivity contribution in [2.45, 2.75) is 32.4 Å². The molecule has 5 nitrogen and oxygen atoms in total. The Morgan fingerprint density at radius 1 is 1.37 bits per heavy atom. The van der Waals surface area contributed by atoms with Crippen molar-refractivity contribution in [3.8, 4) is 0 Å². The summed E-state index contributed by atoms with van der Waals surface area (Å²) in [5.74, 6) is -0.504. The molecule has 2 atom stereocenters. The summed E-state index contributed by atoms with van der Waals surface area (Å²) in [6.45, 7) is 4.50. The highest BCUT2D eigenvalue weighted by Gasteiger charge is 2.33. The first-order valence-electron chi connectivity index (χ1n) is 6.40. The highest BCUT2D eigenvalue weighted by molar-refractivity contribution is 7.12. The van der Waals surface area contributed by atoms with Crippen LogP contribution in [0.1, 0.15) is 29.1 Å². The Morgan fingerprint density at radius 2 is 2.00 bits per heavy atom. The third kappa shape index (κ3) is 3.20. The Hall–Kier alpha value is -1.24. The molecule has 104 valence electrons. The molecule has 1 aromatic heterocycles. The zero-order valence-corrected chi connectivity index (χ0v) is 12.0. The number of rotatable bonds is 4. The average molecular weight is 281 g/mol. The van der Waals surface area contributed by atoms with Crippen LogP contribution >= 0.6 is 11.3 Å². The first kappa shape index (κ1) is 14.2. The van der Waals surface area contributed by atoms with Crippen LogP contribution in [0.4, 0.5) is 0 Å². The fourth-order valence-electron chi connectivity index (χ4n) is 2.35. The minimum atomic E-state index is -0.252. The number of carbonyl (C=O) groups is 2. The number of piperazine rings is 1. The van der Waals surface area contributed by atoms with E-state index in [1.807, 2.05) is 30.9 Å². The maximum absolute atomic E-state index is 11.5. The van der Waals surface area contributed by atoms with Crippen LogP contribution in [0.5, 0.6) is 0 Å². The van der Waals surface area contributed by atoms with Gasteiger partial charge in [0.1, 0.15) is 0 Å². The number of amides is 2. The number of nitrogens with one attached hydrogen (secondary N) is 1. The van der Waals surface area contributed by atoms with E-state index in [4.69, 9.17) is 5.73 Å². The fraction of sp³-hybridized carbons (Fsp3) is 0.538. The van der Waals surface area contributed by atoms with E-state index >= 15 is 0 Å². The van der Waals surface area contributed by atoms with Crippen LogP contribution in [0.25, 0.3) is 0 Å². The van der Waals surface area contributed by atoms with Gasteiger partial charge in [-0.05, 0) is 25.5 Å². The van der Waals surface area contributed by atoms with Gasteiger partial charge in [0.25, 0.3) is 0 Å². The van der Waals surface area contributed by atoms with Crippen molar-refractivity contribution >= 4 is 23.2 Å². The second-order valence-corrected chi connectivity index (χ2v) is 6.16. The lowest BCUT2D eigenvalue weighted by atomic mass is 10.0. The largest absolute Gasteiger partial charge is 0.326 e. The Morgan fingerprint density at radius 3 is 2.47 bits per heavy atom. The molecule has 0 aliphatic carbocycles. The van der Waals surface area contributed by atoms with Gasteiger partial charge in [0.05, 0.1) is 19.1 Å². The van der Waals surface area contributed by atoms with Crippen molar-refractivity contribution < 1.29 is 9.59 Å². The molecule has 6 heteroatoms. The topological polar surface area (TPSA) is 75.4 Å². The molecule has 2 rings (SSSR count). The van der Waals surface area contributed by atoms with Gasteiger partial charge < -0.3 is 5.73 Å². The number of nitrogens with two attached hydrogens (primary N) is 1. The molecule has 2 heterocycles. The van der Waals surface area contributed by atoms with E-state index in [0.717, 1.165) is 11.3 Å². The van der Waals surface area contributed by atoms with Crippen LogP contribution in [-0.2, 0) is 9.59 Å². The number of aryl methyl sites for hydroxylation is 1. The van der Waals surface area contributed by atoms with Gasteiger partial charge in [0.15, 0.2) is 0 Å². The van der Waals surface area contributed by atoms with E-state index in [-0.39, 0.29) is 37.0 Å². The smallest absolute Gasteiger partial charge is 0.240 e. The zero-order chi connectivity index (χ0) is 14.0. The molecule has 19 heavy (non-hydrogen) atoms. The summed E-state index contributed by atoms with van der Waals surface area (Å²) in [5, 5.41) is 2.32. The summed E-state index contributed by atoms with van der Waals surface area (Å²) >= 11 is 1.67. The van der Waals surface area contributed by atoms with Gasteiger partial charge in [-0.3, -0.25) is 19.8 Å². The first-order valence-corrected chi connectivity index (χ1v) is 7.21. The predicted molar refractivity (Wildman–Crippen MR) is 74.8 cm³/mol. The van der Waals surface area contributed by atoms with E-state index in [1.54, 1.807) is 11.3 Å². The van der Waals surface area contributed by atoms with Gasteiger partial charge in [0.2, 0.25) is 11.8 Å². The normalized spacial score (nSPS) is 20.2. The van der Waals surface area contributed by atoms with Crippen LogP contribution in [0.3, 0.4) is 0 Å². The third-order valence-corrected chi connectivity index (χ3v) is 4.37. The Bertz CT molecular complexity index is 470. The van der Waals surface area contributed by atoms with Gasteiger partial charge in [-0.1, -0.05) is 6.92 Å². The van der Waals surface area contributed by atoms with Gasteiger partial charge >= 0.3 is 0 Å². The number of carbonyl (C=O) groups excluding carboxylic acids is 2. The van der Waals surface area contributed by atoms with E-state index in [2.05, 4.69) is 5.32 Å². The third-order valence-electron chi connectivity index (χ3n) is 3.30. The molecule has 1 saturated heterocycles. The van der Waals surface area contributed by atoms with Crippen LogP contribution in [-0.4, -0.2) is 35.8 Å². The maximum atomic E-state index is 11.5. The number of hydrogen-bond donors (Lipinski definition) is 2. The number of nitrogens with zero attached hydrogens (tertiary/aromatic N) is 1. The quantitative estimate of drug-likeness (QED) is 0.800. The highest BCUT2D eigenvalue weighted by atomic mass is 32.1. The summed E-state index contributed by atoms with van der Waals surface area (Å²) in [4.78, 5) is 27.2. The summed E-state index contributed by atoms with van der Waals surface area (Å²) < 4.78 is 0. The first-order chi connectivity index (χ1) is 9.01. The average Bonchev–Trinajstić information content (AvgIpc) is 2.74.